The quantitative estimate of drug-likeness (QED) is 0.0793. The van der Waals surface area contributed by atoms with Gasteiger partial charge in [-0.25, -0.2) is 0 Å². The number of hydrogen-bond acceptors (Lipinski definition) is 6. The highest BCUT2D eigenvalue weighted by Gasteiger charge is 2.49. The largest absolute Gasteiger partial charge is 0.311 e. The molecule has 4 aliphatic heterocycles. The van der Waals surface area contributed by atoms with Crippen molar-refractivity contribution in [3.05, 3.63) is 473 Å². The van der Waals surface area contributed by atoms with Gasteiger partial charge in [0.1, 0.15) is 0 Å². The summed E-state index contributed by atoms with van der Waals surface area (Å²) in [5.41, 5.74) is 36.4. The van der Waals surface area contributed by atoms with Gasteiger partial charge in [0, 0.05) is 91.0 Å². The first-order valence-corrected chi connectivity index (χ1v) is 43.6. The van der Waals surface area contributed by atoms with Gasteiger partial charge in [-0.15, -0.1) is 0 Å². The Bertz CT molecular complexity index is 7190. The van der Waals surface area contributed by atoms with Crippen molar-refractivity contribution < 1.29 is 0 Å². The smallest absolute Gasteiger partial charge is 0.252 e. The first-order valence-electron chi connectivity index (χ1n) is 43.6. The summed E-state index contributed by atoms with van der Waals surface area (Å²) >= 11 is 0. The lowest BCUT2D eigenvalue weighted by atomic mass is 9.30. The second-order valence-electron chi connectivity index (χ2n) is 33.3. The number of para-hydroxylation sites is 8. The molecule has 0 bridgehead atoms. The number of rotatable bonds is 14. The number of nitrogens with zero attached hydrogens (tertiary/aromatic N) is 6. The molecule has 6 nitrogen and oxygen atoms in total. The summed E-state index contributed by atoms with van der Waals surface area (Å²) in [7, 11) is 0. The monoisotopic (exact) mass is 1600 g/mol. The van der Waals surface area contributed by atoms with E-state index in [1.807, 2.05) is 0 Å². The normalized spacial score (nSPS) is 12.7. The van der Waals surface area contributed by atoms with Crippen LogP contribution >= 0.6 is 0 Å². The Morgan fingerprint density at radius 3 is 0.659 bits per heavy atom. The highest BCUT2D eigenvalue weighted by Crippen LogP contribution is 2.55. The molecule has 0 aliphatic carbocycles. The van der Waals surface area contributed by atoms with E-state index in [2.05, 4.69) is 503 Å². The molecule has 0 spiro atoms. The van der Waals surface area contributed by atoms with Gasteiger partial charge in [-0.1, -0.05) is 334 Å². The van der Waals surface area contributed by atoms with E-state index in [1.165, 1.54) is 109 Å². The first-order chi connectivity index (χ1) is 62.6. The maximum absolute atomic E-state index is 2.66. The van der Waals surface area contributed by atoms with E-state index < -0.39 is 0 Å². The molecule has 586 valence electrons. The Labute approximate surface area is 733 Å². The van der Waals surface area contributed by atoms with E-state index in [-0.39, 0.29) is 13.4 Å². The Hall–Kier alpha value is -16.4. The van der Waals surface area contributed by atoms with Crippen LogP contribution in [0, 0.1) is 0 Å². The van der Waals surface area contributed by atoms with Crippen molar-refractivity contribution in [1.29, 1.82) is 0 Å². The molecule has 0 saturated carbocycles. The lowest BCUT2D eigenvalue weighted by Crippen LogP contribution is -2.65. The molecule has 0 aromatic heterocycles. The molecule has 0 saturated heterocycles. The second kappa shape index (κ2) is 29.7. The van der Waals surface area contributed by atoms with Crippen LogP contribution in [0.15, 0.2) is 473 Å². The lowest BCUT2D eigenvalue weighted by Gasteiger charge is -2.48. The third kappa shape index (κ3) is 11.5. The molecule has 0 amide bonds. The van der Waals surface area contributed by atoms with Gasteiger partial charge in [0.05, 0.1) is 11.4 Å². The Kier molecular flexibility index (Phi) is 17.1. The summed E-state index contributed by atoms with van der Waals surface area (Å²) in [6.45, 7) is -0.509. The van der Waals surface area contributed by atoms with E-state index in [0.717, 1.165) is 113 Å². The van der Waals surface area contributed by atoms with Gasteiger partial charge in [-0.05, 0) is 260 Å². The standard InChI is InChI=1S/C118H78B2N6/c1-9-37-79(38-10-1)113-93-53-25-29-57-97(93)115(98-58-30-26-54-94(98)113)81-65-69-89(70-66-81)123-105-63-35-33-61-101(105)119-103-77-104-108(78-107(103)125(87-49-21-7-22-50-87)111-75-91(73-109(123)117(111)119)121(83-41-13-3-14-42-83)84-43-15-4-16-44-84)126(88-51-23-8-24-52-88)112-76-92(122(85-45-17-5-18-46-85)86-47-19-6-20-48-86)74-110-118(112)120(104)102-62-34-36-64-106(102)124(110)90-71-67-82(68-72-90)116-99-59-31-27-55-95(99)114(80-39-11-2-12-40-80)96-56-28-32-60-100(96)116/h1-78H. The van der Waals surface area contributed by atoms with Crippen LogP contribution in [0.3, 0.4) is 0 Å². The van der Waals surface area contributed by atoms with Crippen LogP contribution in [-0.2, 0) is 0 Å². The molecule has 21 aromatic carbocycles. The van der Waals surface area contributed by atoms with Gasteiger partial charge < -0.3 is 29.4 Å². The van der Waals surface area contributed by atoms with Crippen LogP contribution in [0.1, 0.15) is 0 Å². The number of fused-ring (bicyclic) bond motifs is 12. The molecule has 25 rings (SSSR count). The van der Waals surface area contributed by atoms with Gasteiger partial charge in [0.25, 0.3) is 13.4 Å². The molecule has 126 heavy (non-hydrogen) atoms. The van der Waals surface area contributed by atoms with E-state index >= 15 is 0 Å². The highest BCUT2D eigenvalue weighted by atomic mass is 15.2. The van der Waals surface area contributed by atoms with Crippen molar-refractivity contribution in [2.45, 2.75) is 0 Å². The SMILES string of the molecule is c1ccc(-c2c3ccccc3c(-c3ccc(N4c5ccccc5B5c6cc7c(cc6N(c6ccccc6)c6cc(N(c8ccccc8)c8ccccc8)cc4c65)N(c4ccccc4)c4cc(N(c5ccccc5)c5ccccc5)cc5c4B7c4ccccc4N5c4ccc(-c5c6ccccc6c(-c6ccccc6)c6ccccc56)cc4)cc3)c3ccccc23)cc1. The van der Waals surface area contributed by atoms with Crippen LogP contribution in [0.5, 0.6) is 0 Å². The topological polar surface area (TPSA) is 19.4 Å². The fourth-order valence-electron chi connectivity index (χ4n) is 21.3. The second-order valence-corrected chi connectivity index (χ2v) is 33.3. The van der Waals surface area contributed by atoms with Crippen molar-refractivity contribution in [2.24, 2.45) is 0 Å². The Morgan fingerprint density at radius 2 is 0.373 bits per heavy atom. The third-order valence-electron chi connectivity index (χ3n) is 26.5. The van der Waals surface area contributed by atoms with Crippen LogP contribution in [0.4, 0.5) is 102 Å². The predicted molar refractivity (Wildman–Crippen MR) is 536 cm³/mol. The summed E-state index contributed by atoms with van der Waals surface area (Å²) in [5, 5.41) is 9.80. The Balaban J connectivity index is 0.733. The molecular weight excluding hydrogens is 1520 g/mol. The van der Waals surface area contributed by atoms with E-state index in [4.69, 9.17) is 0 Å². The van der Waals surface area contributed by atoms with Crippen LogP contribution in [-0.4, -0.2) is 13.4 Å². The zero-order valence-corrected chi connectivity index (χ0v) is 68.9. The van der Waals surface area contributed by atoms with Gasteiger partial charge in [0.15, 0.2) is 0 Å². The van der Waals surface area contributed by atoms with Crippen molar-refractivity contribution in [2.75, 3.05) is 29.4 Å². The minimum absolute atomic E-state index is 0.254. The van der Waals surface area contributed by atoms with Crippen LogP contribution < -0.4 is 62.2 Å². The van der Waals surface area contributed by atoms with Crippen molar-refractivity contribution in [3.8, 4) is 44.5 Å². The van der Waals surface area contributed by atoms with Crippen molar-refractivity contribution >= 4 is 192 Å². The summed E-state index contributed by atoms with van der Waals surface area (Å²) in [6.07, 6.45) is 0. The summed E-state index contributed by atoms with van der Waals surface area (Å²) in [4.78, 5) is 15.2. The number of hydrogen-bond donors (Lipinski definition) is 0. The molecule has 4 aliphatic rings. The van der Waals surface area contributed by atoms with Crippen LogP contribution in [0.2, 0.25) is 0 Å². The van der Waals surface area contributed by atoms with Gasteiger partial charge in [-0.3, -0.25) is 0 Å². The molecule has 4 heterocycles. The van der Waals surface area contributed by atoms with Gasteiger partial charge in [-0.2, -0.15) is 0 Å². The molecule has 0 radical (unpaired) electrons. The minimum atomic E-state index is -0.254. The fraction of sp³-hybridized carbons (Fsp3) is 0. The van der Waals surface area contributed by atoms with Crippen LogP contribution in [0.25, 0.3) is 87.6 Å². The van der Waals surface area contributed by atoms with E-state index in [9.17, 15) is 0 Å². The van der Waals surface area contributed by atoms with E-state index in [0.29, 0.717) is 0 Å². The summed E-state index contributed by atoms with van der Waals surface area (Å²) < 4.78 is 0. The average molecular weight is 1600 g/mol. The lowest BCUT2D eigenvalue weighted by molar-refractivity contribution is 1.21. The fourth-order valence-corrected chi connectivity index (χ4v) is 21.3. The summed E-state index contributed by atoms with van der Waals surface area (Å²) in [5.74, 6) is 0. The van der Waals surface area contributed by atoms with Gasteiger partial charge >= 0.3 is 0 Å². The average Bonchev–Trinajstić information content (AvgIpc) is 0.679. The van der Waals surface area contributed by atoms with E-state index in [1.54, 1.807) is 0 Å². The molecule has 0 fully saturated rings. The molecule has 0 N–H and O–H groups in total. The van der Waals surface area contributed by atoms with Crippen molar-refractivity contribution in [1.82, 2.24) is 0 Å². The summed E-state index contributed by atoms with van der Waals surface area (Å²) in [6, 6.07) is 176. The zero-order valence-electron chi connectivity index (χ0n) is 68.9. The number of anilines is 18. The number of benzene rings is 21. The molecule has 0 atom stereocenters. The zero-order chi connectivity index (χ0) is 82.9. The maximum Gasteiger partial charge on any atom is 0.252 e. The highest BCUT2D eigenvalue weighted by molar-refractivity contribution is 7.03. The Morgan fingerprint density at radius 1 is 0.151 bits per heavy atom. The molecular formula is C118H78B2N6. The van der Waals surface area contributed by atoms with Crippen molar-refractivity contribution in [3.63, 3.8) is 0 Å². The minimum Gasteiger partial charge on any atom is -0.311 e. The third-order valence-corrected chi connectivity index (χ3v) is 26.5. The van der Waals surface area contributed by atoms with Gasteiger partial charge in [0.2, 0.25) is 0 Å². The molecule has 21 aromatic rings. The first kappa shape index (κ1) is 72.4. The maximum atomic E-state index is 2.66. The molecule has 8 heteroatoms. The molecule has 0 unspecified atom stereocenters. The predicted octanol–water partition coefficient (Wildman–Crippen LogP) is 28.1.